The van der Waals surface area contributed by atoms with Gasteiger partial charge in [-0.1, -0.05) is 37.3 Å². The molecule has 34 heavy (non-hydrogen) atoms. The van der Waals surface area contributed by atoms with Crippen LogP contribution in [0, 0.1) is 0 Å². The SMILES string of the molecule is CCOC(=O)Cc1cc2c(=O)n(CC(OC(=O)CC)c3ccccc3)c(=O)n(CC(=O)O)c2s1. The standard InChI is InChI=1S/C23H24N2O8S/c1-3-19(28)33-17(14-8-6-5-7-9-14)12-24-21(30)16-10-15(11-20(29)32-4-2)34-22(16)25(23(24)31)13-18(26)27/h5-10,17H,3-4,11-13H2,1-2H3,(H,26,27). The van der Waals surface area contributed by atoms with Crippen LogP contribution in [-0.2, 0) is 43.4 Å². The Labute approximate surface area is 198 Å². The molecule has 1 unspecified atom stereocenters. The van der Waals surface area contributed by atoms with E-state index in [1.54, 1.807) is 44.2 Å². The Balaban J connectivity index is 2.14. The van der Waals surface area contributed by atoms with Crippen molar-refractivity contribution in [2.75, 3.05) is 6.61 Å². The molecular formula is C23H24N2O8S. The van der Waals surface area contributed by atoms with Crippen LogP contribution in [0.1, 0.15) is 36.8 Å². The minimum absolute atomic E-state index is 0.0961. The molecule has 0 saturated heterocycles. The number of carbonyl (C=O) groups is 3. The predicted octanol–water partition coefficient (Wildman–Crippen LogP) is 2.11. The monoisotopic (exact) mass is 488 g/mol. The number of aromatic nitrogens is 2. The van der Waals surface area contributed by atoms with E-state index in [0.29, 0.717) is 10.4 Å². The molecule has 3 aromatic rings. The molecule has 11 heteroatoms. The van der Waals surface area contributed by atoms with Gasteiger partial charge in [-0.25, -0.2) is 4.79 Å². The van der Waals surface area contributed by atoms with Crippen LogP contribution in [0.15, 0.2) is 46.0 Å². The first-order valence-corrected chi connectivity index (χ1v) is 11.4. The molecular weight excluding hydrogens is 464 g/mol. The molecule has 2 aromatic heterocycles. The number of thiophene rings is 1. The third-order valence-electron chi connectivity index (χ3n) is 4.95. The van der Waals surface area contributed by atoms with E-state index in [9.17, 15) is 29.1 Å². The smallest absolute Gasteiger partial charge is 0.332 e. The molecule has 0 aliphatic rings. The van der Waals surface area contributed by atoms with E-state index in [-0.39, 0.29) is 36.2 Å². The largest absolute Gasteiger partial charge is 0.480 e. The van der Waals surface area contributed by atoms with Gasteiger partial charge in [0.2, 0.25) is 0 Å². The Bertz CT molecular complexity index is 1320. The number of ether oxygens (including phenoxy) is 2. The maximum Gasteiger partial charge on any atom is 0.332 e. The van der Waals surface area contributed by atoms with Gasteiger partial charge in [0.1, 0.15) is 17.5 Å². The number of carbonyl (C=O) groups excluding carboxylic acids is 2. The molecule has 0 amide bonds. The summed E-state index contributed by atoms with van der Waals surface area (Å²) < 4.78 is 12.3. The molecule has 3 rings (SSSR count). The summed E-state index contributed by atoms with van der Waals surface area (Å²) in [6.07, 6.45) is -0.955. The van der Waals surface area contributed by atoms with Crippen LogP contribution < -0.4 is 11.2 Å². The number of aliphatic carboxylic acids is 1. The van der Waals surface area contributed by atoms with Gasteiger partial charge >= 0.3 is 23.6 Å². The molecule has 0 radical (unpaired) electrons. The van der Waals surface area contributed by atoms with Gasteiger partial charge in [0, 0.05) is 11.3 Å². The zero-order valence-corrected chi connectivity index (χ0v) is 19.5. The predicted molar refractivity (Wildman–Crippen MR) is 124 cm³/mol. The van der Waals surface area contributed by atoms with Crippen molar-refractivity contribution in [1.82, 2.24) is 9.13 Å². The van der Waals surface area contributed by atoms with Crippen LogP contribution in [0.25, 0.3) is 10.2 Å². The first-order chi connectivity index (χ1) is 16.2. The third-order valence-corrected chi connectivity index (χ3v) is 6.10. The van der Waals surface area contributed by atoms with Crippen LogP contribution in [-0.4, -0.2) is 38.8 Å². The van der Waals surface area contributed by atoms with Crippen molar-refractivity contribution in [3.05, 3.63) is 67.7 Å². The van der Waals surface area contributed by atoms with Gasteiger partial charge in [-0.15, -0.1) is 11.3 Å². The summed E-state index contributed by atoms with van der Waals surface area (Å²) in [6.45, 7) is 2.50. The number of rotatable bonds is 10. The van der Waals surface area contributed by atoms with Crippen molar-refractivity contribution in [2.45, 2.75) is 45.9 Å². The van der Waals surface area contributed by atoms with E-state index in [0.717, 1.165) is 20.5 Å². The number of hydrogen-bond acceptors (Lipinski definition) is 8. The zero-order valence-electron chi connectivity index (χ0n) is 18.7. The molecule has 1 aromatic carbocycles. The van der Waals surface area contributed by atoms with Crippen LogP contribution in [0.2, 0.25) is 0 Å². The molecule has 0 aliphatic heterocycles. The van der Waals surface area contributed by atoms with Gasteiger partial charge in [0.05, 0.1) is 25.0 Å². The lowest BCUT2D eigenvalue weighted by Gasteiger charge is -2.19. The fourth-order valence-corrected chi connectivity index (χ4v) is 4.54. The number of benzene rings is 1. The van der Waals surface area contributed by atoms with Gasteiger partial charge in [0.15, 0.2) is 0 Å². The molecule has 0 saturated carbocycles. The van der Waals surface area contributed by atoms with E-state index >= 15 is 0 Å². The topological polar surface area (TPSA) is 134 Å². The van der Waals surface area contributed by atoms with Gasteiger partial charge in [-0.05, 0) is 18.6 Å². The number of carboxylic acids is 1. The van der Waals surface area contributed by atoms with Crippen LogP contribution in [0.3, 0.4) is 0 Å². The maximum absolute atomic E-state index is 13.3. The quantitative estimate of drug-likeness (QED) is 0.429. The second-order valence-electron chi connectivity index (χ2n) is 7.33. The summed E-state index contributed by atoms with van der Waals surface area (Å²) in [4.78, 5) is 62.5. The highest BCUT2D eigenvalue weighted by atomic mass is 32.1. The average molecular weight is 489 g/mol. The highest BCUT2D eigenvalue weighted by Gasteiger charge is 2.23. The lowest BCUT2D eigenvalue weighted by atomic mass is 10.1. The first kappa shape index (κ1) is 24.9. The van der Waals surface area contributed by atoms with Crippen LogP contribution in [0.4, 0.5) is 0 Å². The molecule has 1 atom stereocenters. The lowest BCUT2D eigenvalue weighted by Crippen LogP contribution is -2.42. The lowest BCUT2D eigenvalue weighted by molar-refractivity contribution is -0.150. The van der Waals surface area contributed by atoms with Crippen molar-refractivity contribution < 1.29 is 29.0 Å². The Morgan fingerprint density at radius 2 is 1.76 bits per heavy atom. The Morgan fingerprint density at radius 1 is 1.06 bits per heavy atom. The van der Waals surface area contributed by atoms with E-state index < -0.39 is 41.8 Å². The highest BCUT2D eigenvalue weighted by Crippen LogP contribution is 2.24. The number of carboxylic acid groups (broad SMARTS) is 1. The number of esters is 2. The fraction of sp³-hybridized carbons (Fsp3) is 0.348. The van der Waals surface area contributed by atoms with Crippen molar-refractivity contribution >= 4 is 39.5 Å². The van der Waals surface area contributed by atoms with Crippen molar-refractivity contribution in [1.29, 1.82) is 0 Å². The zero-order chi connectivity index (χ0) is 24.8. The van der Waals surface area contributed by atoms with Gasteiger partial charge in [-0.3, -0.25) is 28.3 Å². The molecule has 0 spiro atoms. The van der Waals surface area contributed by atoms with E-state index in [1.807, 2.05) is 0 Å². The number of fused-ring (bicyclic) bond motifs is 1. The van der Waals surface area contributed by atoms with E-state index in [1.165, 1.54) is 6.07 Å². The summed E-state index contributed by atoms with van der Waals surface area (Å²) in [5, 5.41) is 9.45. The minimum atomic E-state index is -1.27. The maximum atomic E-state index is 13.3. The van der Waals surface area contributed by atoms with Crippen LogP contribution in [0.5, 0.6) is 0 Å². The molecule has 0 bridgehead atoms. The second kappa shape index (κ2) is 10.9. The number of nitrogens with zero attached hydrogens (tertiary/aromatic N) is 2. The fourth-order valence-electron chi connectivity index (χ4n) is 3.41. The molecule has 180 valence electrons. The minimum Gasteiger partial charge on any atom is -0.480 e. The molecule has 10 nitrogen and oxygen atoms in total. The van der Waals surface area contributed by atoms with E-state index in [2.05, 4.69) is 0 Å². The molecule has 0 fully saturated rings. The van der Waals surface area contributed by atoms with E-state index in [4.69, 9.17) is 9.47 Å². The summed E-state index contributed by atoms with van der Waals surface area (Å²) in [7, 11) is 0. The van der Waals surface area contributed by atoms with Crippen molar-refractivity contribution in [3.63, 3.8) is 0 Å². The molecule has 1 N–H and O–H groups in total. The summed E-state index contributed by atoms with van der Waals surface area (Å²) in [6, 6.07) is 10.1. The van der Waals surface area contributed by atoms with Crippen molar-refractivity contribution in [3.8, 4) is 0 Å². The Hall–Kier alpha value is -3.73. The van der Waals surface area contributed by atoms with Gasteiger partial charge in [-0.2, -0.15) is 0 Å². The Morgan fingerprint density at radius 3 is 2.38 bits per heavy atom. The van der Waals surface area contributed by atoms with Crippen LogP contribution >= 0.6 is 11.3 Å². The molecule has 0 aliphatic carbocycles. The second-order valence-corrected chi connectivity index (χ2v) is 8.45. The summed E-state index contributed by atoms with van der Waals surface area (Å²) >= 11 is 0.987. The summed E-state index contributed by atoms with van der Waals surface area (Å²) in [5.41, 5.74) is -0.937. The molecule has 2 heterocycles. The average Bonchev–Trinajstić information content (AvgIpc) is 3.22. The number of hydrogen-bond donors (Lipinski definition) is 1. The van der Waals surface area contributed by atoms with Gasteiger partial charge < -0.3 is 14.6 Å². The van der Waals surface area contributed by atoms with Crippen molar-refractivity contribution in [2.24, 2.45) is 0 Å². The normalized spacial score (nSPS) is 11.8. The first-order valence-electron chi connectivity index (χ1n) is 10.6. The Kier molecular flexibility index (Phi) is 8.00. The third kappa shape index (κ3) is 5.60. The highest BCUT2D eigenvalue weighted by molar-refractivity contribution is 7.18. The summed E-state index contributed by atoms with van der Waals surface area (Å²) in [5.74, 6) is -2.29. The van der Waals surface area contributed by atoms with Gasteiger partial charge in [0.25, 0.3) is 5.56 Å².